The van der Waals surface area contributed by atoms with Gasteiger partial charge in [-0.3, -0.25) is 4.79 Å². The molecular formula is C20H27NO2S2. The summed E-state index contributed by atoms with van der Waals surface area (Å²) in [4.78, 5) is 11.8. The maximum absolute atomic E-state index is 11.8. The van der Waals surface area contributed by atoms with E-state index in [1.807, 2.05) is 36.7 Å². The summed E-state index contributed by atoms with van der Waals surface area (Å²) in [6.07, 6.45) is 4.03. The van der Waals surface area contributed by atoms with Crippen LogP contribution in [0.3, 0.4) is 0 Å². The van der Waals surface area contributed by atoms with Gasteiger partial charge in [0.15, 0.2) is 5.12 Å². The van der Waals surface area contributed by atoms with Crippen molar-refractivity contribution < 1.29 is 9.53 Å². The van der Waals surface area contributed by atoms with E-state index in [0.717, 1.165) is 52.7 Å². The molecule has 0 aliphatic heterocycles. The molecule has 1 unspecified atom stereocenters. The molecule has 0 aliphatic carbocycles. The van der Waals surface area contributed by atoms with Crippen molar-refractivity contribution in [3.05, 3.63) is 35.0 Å². The van der Waals surface area contributed by atoms with Gasteiger partial charge in [0, 0.05) is 30.2 Å². The van der Waals surface area contributed by atoms with E-state index < -0.39 is 0 Å². The van der Waals surface area contributed by atoms with Gasteiger partial charge < -0.3 is 9.30 Å². The second kappa shape index (κ2) is 9.97. The van der Waals surface area contributed by atoms with Crippen LogP contribution in [0.25, 0.3) is 10.9 Å². The van der Waals surface area contributed by atoms with E-state index in [2.05, 4.69) is 19.1 Å². The number of unbranched alkanes of at least 4 members (excludes halogenated alkanes) is 2. The average Bonchev–Trinajstić information content (AvgIpc) is 2.63. The summed E-state index contributed by atoms with van der Waals surface area (Å²) in [5.41, 5.74) is 1.09. The number of hydrogen-bond acceptors (Lipinski definition) is 4. The van der Waals surface area contributed by atoms with E-state index in [-0.39, 0.29) is 5.92 Å². The van der Waals surface area contributed by atoms with Gasteiger partial charge in [0.25, 0.3) is 0 Å². The Balaban J connectivity index is 1.78. The molecule has 0 N–H and O–H groups in total. The van der Waals surface area contributed by atoms with E-state index >= 15 is 0 Å². The van der Waals surface area contributed by atoms with E-state index in [1.165, 1.54) is 11.8 Å². The molecule has 0 saturated heterocycles. The van der Waals surface area contributed by atoms with Gasteiger partial charge in [0.05, 0.1) is 12.1 Å². The molecule has 136 valence electrons. The number of ether oxygens (including phenoxy) is 1. The van der Waals surface area contributed by atoms with Crippen molar-refractivity contribution in [2.45, 2.75) is 39.5 Å². The highest BCUT2D eigenvalue weighted by Gasteiger charge is 2.10. The lowest BCUT2D eigenvalue weighted by molar-refractivity contribution is -0.113. The summed E-state index contributed by atoms with van der Waals surface area (Å²) in [6.45, 7) is 4.74. The fourth-order valence-electron chi connectivity index (χ4n) is 2.54. The highest BCUT2D eigenvalue weighted by Crippen LogP contribution is 2.26. The minimum absolute atomic E-state index is 0.175. The van der Waals surface area contributed by atoms with Crippen molar-refractivity contribution in [3.63, 3.8) is 0 Å². The highest BCUT2D eigenvalue weighted by molar-refractivity contribution is 8.13. The van der Waals surface area contributed by atoms with E-state index in [9.17, 15) is 4.79 Å². The normalized spacial score (nSPS) is 12.3. The lowest BCUT2D eigenvalue weighted by Gasteiger charge is -2.12. The largest absolute Gasteiger partial charge is 0.493 e. The number of benzene rings is 1. The molecule has 3 nitrogen and oxygen atoms in total. The fraction of sp³-hybridized carbons (Fsp3) is 0.500. The Hall–Kier alpha value is -1.33. The summed E-state index contributed by atoms with van der Waals surface area (Å²) in [5, 5.41) is 1.41. The highest BCUT2D eigenvalue weighted by atomic mass is 32.2. The summed E-state index contributed by atoms with van der Waals surface area (Å²) < 4.78 is 8.76. The number of rotatable bonds is 9. The molecule has 0 fully saturated rings. The smallest absolute Gasteiger partial charge is 0.191 e. The van der Waals surface area contributed by atoms with Gasteiger partial charge in [-0.15, -0.1) is 0 Å². The van der Waals surface area contributed by atoms with Gasteiger partial charge in [-0.1, -0.05) is 50.0 Å². The third-order valence-electron chi connectivity index (χ3n) is 4.42. The Morgan fingerprint density at radius 2 is 2.04 bits per heavy atom. The van der Waals surface area contributed by atoms with E-state index in [0.29, 0.717) is 11.7 Å². The topological polar surface area (TPSA) is 31.2 Å². The van der Waals surface area contributed by atoms with Crippen LogP contribution in [0.2, 0.25) is 0 Å². The van der Waals surface area contributed by atoms with Gasteiger partial charge in [0.2, 0.25) is 0 Å². The second-order valence-electron chi connectivity index (χ2n) is 6.31. The zero-order chi connectivity index (χ0) is 18.2. The monoisotopic (exact) mass is 377 g/mol. The first-order valence-electron chi connectivity index (χ1n) is 8.92. The first-order valence-corrected chi connectivity index (χ1v) is 10.3. The van der Waals surface area contributed by atoms with Gasteiger partial charge in [0.1, 0.15) is 10.4 Å². The summed E-state index contributed by atoms with van der Waals surface area (Å²) in [6, 6.07) is 10.1. The van der Waals surface area contributed by atoms with Crippen LogP contribution in [-0.2, 0) is 11.8 Å². The van der Waals surface area contributed by atoms with Crippen molar-refractivity contribution in [1.82, 2.24) is 4.57 Å². The van der Waals surface area contributed by atoms with Gasteiger partial charge in [-0.2, -0.15) is 0 Å². The molecule has 1 aromatic heterocycles. The number of carbonyl (C=O) groups is 1. The number of aryl methyl sites for hydroxylation is 1. The lowest BCUT2D eigenvalue weighted by Crippen LogP contribution is -2.06. The van der Waals surface area contributed by atoms with Crippen LogP contribution < -0.4 is 4.74 Å². The predicted octanol–water partition coefficient (Wildman–Crippen LogP) is 5.76. The molecule has 0 amide bonds. The second-order valence-corrected chi connectivity index (χ2v) is 7.83. The number of para-hydroxylation sites is 1. The van der Waals surface area contributed by atoms with Gasteiger partial charge >= 0.3 is 0 Å². The van der Waals surface area contributed by atoms with Crippen LogP contribution in [-0.4, -0.2) is 22.0 Å². The SMILES string of the molecule is CCC(C)C(=O)SCCCCCOc1cc(=S)n(C)c2ccccc12. The number of hydrogen-bond donors (Lipinski definition) is 0. The molecule has 0 saturated carbocycles. The first-order chi connectivity index (χ1) is 12.0. The molecule has 0 spiro atoms. The van der Waals surface area contributed by atoms with Crippen molar-refractivity contribution in [3.8, 4) is 5.75 Å². The summed E-state index contributed by atoms with van der Waals surface area (Å²) in [5.74, 6) is 1.94. The zero-order valence-corrected chi connectivity index (χ0v) is 16.9. The van der Waals surface area contributed by atoms with Crippen LogP contribution in [0, 0.1) is 10.6 Å². The van der Waals surface area contributed by atoms with Gasteiger partial charge in [-0.25, -0.2) is 0 Å². The number of nitrogens with zero attached hydrogens (tertiary/aromatic N) is 1. The molecule has 2 rings (SSSR count). The summed E-state index contributed by atoms with van der Waals surface area (Å²) in [7, 11) is 1.98. The van der Waals surface area contributed by atoms with E-state index in [1.54, 1.807) is 0 Å². The van der Waals surface area contributed by atoms with Crippen molar-refractivity contribution in [2.24, 2.45) is 13.0 Å². The Morgan fingerprint density at radius 3 is 2.80 bits per heavy atom. The van der Waals surface area contributed by atoms with Crippen LogP contribution in [0.5, 0.6) is 5.75 Å². The molecular weight excluding hydrogens is 350 g/mol. The molecule has 1 atom stereocenters. The Labute approximate surface area is 159 Å². The molecule has 0 bridgehead atoms. The number of fused-ring (bicyclic) bond motifs is 1. The maximum atomic E-state index is 11.8. The number of carbonyl (C=O) groups excluding carboxylic acids is 1. The van der Waals surface area contributed by atoms with Crippen LogP contribution in [0.15, 0.2) is 30.3 Å². The van der Waals surface area contributed by atoms with Crippen molar-refractivity contribution in [1.29, 1.82) is 0 Å². The average molecular weight is 378 g/mol. The standard InChI is InChI=1S/C20H27NO2S2/c1-4-15(2)20(22)25-13-9-5-8-12-23-18-14-19(24)21(3)17-11-7-6-10-16(17)18/h6-7,10-11,14-15H,4-5,8-9,12-13H2,1-3H3. The predicted molar refractivity (Wildman–Crippen MR) is 110 cm³/mol. The molecule has 2 aromatic rings. The minimum Gasteiger partial charge on any atom is -0.493 e. The third-order valence-corrected chi connectivity index (χ3v) is 5.99. The molecule has 5 heteroatoms. The van der Waals surface area contributed by atoms with Crippen LogP contribution in [0.1, 0.15) is 39.5 Å². The first kappa shape index (κ1) is 20.0. The maximum Gasteiger partial charge on any atom is 0.191 e. The quantitative estimate of drug-likeness (QED) is 0.410. The van der Waals surface area contributed by atoms with Crippen LogP contribution in [0.4, 0.5) is 0 Å². The zero-order valence-electron chi connectivity index (χ0n) is 15.3. The molecule has 0 aliphatic rings. The molecule has 25 heavy (non-hydrogen) atoms. The number of pyridine rings is 1. The minimum atomic E-state index is 0.175. The molecule has 0 radical (unpaired) electrons. The Kier molecular flexibility index (Phi) is 7.97. The Morgan fingerprint density at radius 1 is 1.28 bits per heavy atom. The van der Waals surface area contributed by atoms with E-state index in [4.69, 9.17) is 17.0 Å². The lowest BCUT2D eigenvalue weighted by atomic mass is 10.1. The van der Waals surface area contributed by atoms with Gasteiger partial charge in [-0.05, 0) is 37.8 Å². The Bertz CT molecular complexity index is 770. The van der Waals surface area contributed by atoms with Crippen molar-refractivity contribution >= 4 is 40.0 Å². The fourth-order valence-corrected chi connectivity index (χ4v) is 3.75. The molecule has 1 aromatic carbocycles. The summed E-state index contributed by atoms with van der Waals surface area (Å²) >= 11 is 6.88. The third kappa shape index (κ3) is 5.58. The molecule has 1 heterocycles. The number of aromatic nitrogens is 1. The van der Waals surface area contributed by atoms with Crippen LogP contribution >= 0.6 is 24.0 Å². The number of thioether (sulfide) groups is 1. The van der Waals surface area contributed by atoms with Crippen molar-refractivity contribution in [2.75, 3.05) is 12.4 Å².